The van der Waals surface area contributed by atoms with E-state index in [2.05, 4.69) is 32.2 Å². The van der Waals surface area contributed by atoms with Gasteiger partial charge in [0.2, 0.25) is 5.91 Å². The minimum Gasteiger partial charge on any atom is -0.491 e. The van der Waals surface area contributed by atoms with Crippen molar-refractivity contribution in [3.8, 4) is 5.75 Å². The summed E-state index contributed by atoms with van der Waals surface area (Å²) in [6.45, 7) is 7.43. The maximum Gasteiger partial charge on any atom is 0.230 e. The Bertz CT molecular complexity index is 728. The summed E-state index contributed by atoms with van der Waals surface area (Å²) in [7, 11) is 0. The van der Waals surface area contributed by atoms with E-state index in [0.717, 1.165) is 22.1 Å². The first-order valence-corrected chi connectivity index (χ1v) is 10.2. The van der Waals surface area contributed by atoms with E-state index >= 15 is 0 Å². The van der Waals surface area contributed by atoms with Crippen LogP contribution in [-0.4, -0.2) is 24.8 Å². The molecule has 0 aliphatic heterocycles. The van der Waals surface area contributed by atoms with Crippen LogP contribution in [0.2, 0.25) is 5.02 Å². The van der Waals surface area contributed by atoms with Crippen LogP contribution in [0.25, 0.3) is 0 Å². The van der Waals surface area contributed by atoms with Crippen molar-refractivity contribution in [2.75, 3.05) is 18.9 Å². The standard InChI is InChI=1S/C21H26ClNO2S/c1-21(2,3)18-9-4-5-10-19(18)25-12-11-23-20(24)15-26-14-16-7-6-8-17(22)13-16/h4-10,13H,11-12,14-15H2,1-3H3,(H,23,24). The molecule has 26 heavy (non-hydrogen) atoms. The number of rotatable bonds is 8. The van der Waals surface area contributed by atoms with Gasteiger partial charge in [-0.1, -0.05) is 62.7 Å². The second-order valence-electron chi connectivity index (χ2n) is 7.07. The lowest BCUT2D eigenvalue weighted by Gasteiger charge is -2.22. The number of thioether (sulfide) groups is 1. The van der Waals surface area contributed by atoms with Crippen LogP contribution >= 0.6 is 23.4 Å². The number of carbonyl (C=O) groups is 1. The van der Waals surface area contributed by atoms with Gasteiger partial charge in [-0.3, -0.25) is 4.79 Å². The molecule has 0 aromatic heterocycles. The van der Waals surface area contributed by atoms with Crippen LogP contribution < -0.4 is 10.1 Å². The van der Waals surface area contributed by atoms with Crippen LogP contribution in [0.1, 0.15) is 31.9 Å². The molecule has 2 aromatic rings. The summed E-state index contributed by atoms with van der Waals surface area (Å²) in [5.41, 5.74) is 2.32. The van der Waals surface area contributed by atoms with E-state index < -0.39 is 0 Å². The zero-order valence-electron chi connectivity index (χ0n) is 15.5. The summed E-state index contributed by atoms with van der Waals surface area (Å²) in [6.07, 6.45) is 0. The number of amides is 1. The Morgan fingerprint density at radius 2 is 1.92 bits per heavy atom. The molecular weight excluding hydrogens is 366 g/mol. The maximum atomic E-state index is 11.9. The van der Waals surface area contributed by atoms with Crippen LogP contribution in [0, 0.1) is 0 Å². The molecule has 0 heterocycles. The highest BCUT2D eigenvalue weighted by Crippen LogP contribution is 2.30. The Morgan fingerprint density at radius 1 is 1.15 bits per heavy atom. The second kappa shape index (κ2) is 9.89. The van der Waals surface area contributed by atoms with E-state index in [1.165, 1.54) is 5.56 Å². The molecule has 0 unspecified atom stereocenters. The molecule has 2 aromatic carbocycles. The van der Waals surface area contributed by atoms with Gasteiger partial charge in [-0.2, -0.15) is 0 Å². The average Bonchev–Trinajstić information content (AvgIpc) is 2.58. The van der Waals surface area contributed by atoms with Gasteiger partial charge in [0.05, 0.1) is 12.3 Å². The van der Waals surface area contributed by atoms with Crippen LogP contribution in [0.15, 0.2) is 48.5 Å². The lowest BCUT2D eigenvalue weighted by molar-refractivity contribution is -0.118. The molecule has 0 bridgehead atoms. The number of nitrogens with one attached hydrogen (secondary N) is 1. The van der Waals surface area contributed by atoms with Gasteiger partial charge in [-0.05, 0) is 34.7 Å². The number of hydrogen-bond acceptors (Lipinski definition) is 3. The molecule has 0 saturated carbocycles. The number of hydrogen-bond donors (Lipinski definition) is 1. The quantitative estimate of drug-likeness (QED) is 0.638. The van der Waals surface area contributed by atoms with E-state index in [1.807, 2.05) is 42.5 Å². The van der Waals surface area contributed by atoms with E-state index in [-0.39, 0.29) is 11.3 Å². The maximum absolute atomic E-state index is 11.9. The van der Waals surface area contributed by atoms with Crippen molar-refractivity contribution in [3.05, 3.63) is 64.7 Å². The average molecular weight is 392 g/mol. The monoisotopic (exact) mass is 391 g/mol. The van der Waals surface area contributed by atoms with Gasteiger partial charge >= 0.3 is 0 Å². The Labute approximate surface area is 165 Å². The molecule has 0 aliphatic carbocycles. The first-order valence-electron chi connectivity index (χ1n) is 8.67. The Morgan fingerprint density at radius 3 is 2.65 bits per heavy atom. The lowest BCUT2D eigenvalue weighted by atomic mass is 9.86. The summed E-state index contributed by atoms with van der Waals surface area (Å²) >= 11 is 7.53. The third-order valence-corrected chi connectivity index (χ3v) is 5.01. The van der Waals surface area contributed by atoms with Crippen molar-refractivity contribution in [1.29, 1.82) is 0 Å². The van der Waals surface area contributed by atoms with Gasteiger partial charge < -0.3 is 10.1 Å². The van der Waals surface area contributed by atoms with Crippen molar-refractivity contribution in [2.24, 2.45) is 0 Å². The van der Waals surface area contributed by atoms with Crippen molar-refractivity contribution in [3.63, 3.8) is 0 Å². The highest BCUT2D eigenvalue weighted by atomic mass is 35.5. The minimum atomic E-state index is 0.0183. The lowest BCUT2D eigenvalue weighted by Crippen LogP contribution is -2.29. The minimum absolute atomic E-state index is 0.0183. The molecule has 2 rings (SSSR count). The molecule has 0 spiro atoms. The summed E-state index contributed by atoms with van der Waals surface area (Å²) < 4.78 is 5.86. The second-order valence-corrected chi connectivity index (χ2v) is 8.49. The van der Waals surface area contributed by atoms with Gasteiger partial charge in [0.1, 0.15) is 12.4 Å². The summed E-state index contributed by atoms with van der Waals surface area (Å²) in [5.74, 6) is 2.09. The number of ether oxygens (including phenoxy) is 1. The largest absolute Gasteiger partial charge is 0.491 e. The van der Waals surface area contributed by atoms with Gasteiger partial charge in [-0.15, -0.1) is 11.8 Å². The molecule has 0 saturated heterocycles. The normalized spacial score (nSPS) is 11.2. The predicted molar refractivity (Wildman–Crippen MR) is 111 cm³/mol. The van der Waals surface area contributed by atoms with Gasteiger partial charge in [0.25, 0.3) is 0 Å². The molecule has 3 nitrogen and oxygen atoms in total. The van der Waals surface area contributed by atoms with E-state index in [9.17, 15) is 4.79 Å². The van der Waals surface area contributed by atoms with Gasteiger partial charge in [0.15, 0.2) is 0 Å². The molecule has 1 amide bonds. The zero-order valence-corrected chi connectivity index (χ0v) is 17.1. The SMILES string of the molecule is CC(C)(C)c1ccccc1OCCNC(=O)CSCc1cccc(Cl)c1. The van der Waals surface area contributed by atoms with Crippen molar-refractivity contribution < 1.29 is 9.53 Å². The molecule has 5 heteroatoms. The molecule has 0 fully saturated rings. The first-order chi connectivity index (χ1) is 12.4. The molecule has 0 radical (unpaired) electrons. The van der Waals surface area contributed by atoms with E-state index in [1.54, 1.807) is 11.8 Å². The van der Waals surface area contributed by atoms with Crippen molar-refractivity contribution in [2.45, 2.75) is 31.9 Å². The summed E-state index contributed by atoms with van der Waals surface area (Å²) in [6, 6.07) is 15.8. The van der Waals surface area contributed by atoms with Crippen LogP contribution in [0.5, 0.6) is 5.75 Å². The van der Waals surface area contributed by atoms with Crippen molar-refractivity contribution >= 4 is 29.3 Å². The molecule has 0 atom stereocenters. The smallest absolute Gasteiger partial charge is 0.230 e. The fraction of sp³-hybridized carbons (Fsp3) is 0.381. The molecule has 0 aliphatic rings. The molecular formula is C21H26ClNO2S. The summed E-state index contributed by atoms with van der Waals surface area (Å²) in [4.78, 5) is 11.9. The third kappa shape index (κ3) is 6.93. The number of carbonyl (C=O) groups excluding carboxylic acids is 1. The topological polar surface area (TPSA) is 38.3 Å². The van der Waals surface area contributed by atoms with Crippen molar-refractivity contribution in [1.82, 2.24) is 5.32 Å². The molecule has 140 valence electrons. The first kappa shape index (κ1) is 20.7. The van der Waals surface area contributed by atoms with E-state index in [4.69, 9.17) is 16.3 Å². The fourth-order valence-corrected chi connectivity index (χ4v) is 3.52. The Hall–Kier alpha value is -1.65. The van der Waals surface area contributed by atoms with Crippen LogP contribution in [-0.2, 0) is 16.0 Å². The number of halogens is 1. The van der Waals surface area contributed by atoms with E-state index in [0.29, 0.717) is 18.9 Å². The fourth-order valence-electron chi connectivity index (χ4n) is 2.50. The van der Waals surface area contributed by atoms with Gasteiger partial charge in [-0.25, -0.2) is 0 Å². The highest BCUT2D eigenvalue weighted by molar-refractivity contribution is 7.99. The number of para-hydroxylation sites is 1. The number of benzene rings is 2. The Balaban J connectivity index is 1.68. The summed E-state index contributed by atoms with van der Waals surface area (Å²) in [5, 5.41) is 3.62. The predicted octanol–water partition coefficient (Wildman–Crippen LogP) is 5.07. The zero-order chi connectivity index (χ0) is 19.0. The molecule has 1 N–H and O–H groups in total. The van der Waals surface area contributed by atoms with Crippen LogP contribution in [0.3, 0.4) is 0 Å². The third-order valence-electron chi connectivity index (χ3n) is 3.77. The van der Waals surface area contributed by atoms with Crippen LogP contribution in [0.4, 0.5) is 0 Å². The highest BCUT2D eigenvalue weighted by Gasteiger charge is 2.18. The van der Waals surface area contributed by atoms with Gasteiger partial charge in [0, 0.05) is 10.8 Å². The Kier molecular flexibility index (Phi) is 7.85.